The fraction of sp³-hybridized carbons (Fsp3) is 1.00. The summed E-state index contributed by atoms with van der Waals surface area (Å²) < 4.78 is 21.2. The minimum absolute atomic E-state index is 0.916. The summed E-state index contributed by atoms with van der Waals surface area (Å²) in [5.41, 5.74) is 4.96. The summed E-state index contributed by atoms with van der Waals surface area (Å²) in [6.45, 7) is -0.916. The Hall–Kier alpha value is 0.220. The zero-order valence-electron chi connectivity index (χ0n) is 6.39. The van der Waals surface area contributed by atoms with Crippen molar-refractivity contribution < 1.29 is 33.8 Å². The first-order chi connectivity index (χ1) is 5.60. The lowest BCUT2D eigenvalue weighted by Gasteiger charge is -2.23. The number of hydrogen-bond acceptors (Lipinski definition) is 4. The molecule has 0 amide bonds. The molecule has 0 aliphatic rings. The van der Waals surface area contributed by atoms with E-state index in [9.17, 15) is 9.13 Å². The molecule has 0 bridgehead atoms. The second-order valence-electron chi connectivity index (χ2n) is 2.44. The monoisotopic (exact) mass is 235 g/mol. The van der Waals surface area contributed by atoms with E-state index in [4.69, 9.17) is 30.4 Å². The summed E-state index contributed by atoms with van der Waals surface area (Å²) in [7, 11) is -10.0. The van der Waals surface area contributed by atoms with Gasteiger partial charge in [-0.2, -0.15) is 0 Å². The van der Waals surface area contributed by atoms with Crippen LogP contribution >= 0.6 is 15.2 Å². The van der Waals surface area contributed by atoms with E-state index >= 15 is 0 Å². The zero-order valence-corrected chi connectivity index (χ0v) is 8.18. The third kappa shape index (κ3) is 3.84. The summed E-state index contributed by atoms with van der Waals surface area (Å²) in [6, 6.07) is -1.65. The lowest BCUT2D eigenvalue weighted by atomic mass is 10.4. The van der Waals surface area contributed by atoms with Crippen LogP contribution < -0.4 is 5.73 Å². The van der Waals surface area contributed by atoms with Crippen LogP contribution in [0.5, 0.6) is 0 Å². The SMILES string of the molecule is NC(CO)C(P(=O)(O)O)P(=O)(O)O. The van der Waals surface area contributed by atoms with Crippen molar-refractivity contribution in [2.75, 3.05) is 6.61 Å². The van der Waals surface area contributed by atoms with Gasteiger partial charge in [0, 0.05) is 0 Å². The highest BCUT2D eigenvalue weighted by Gasteiger charge is 2.47. The fourth-order valence-corrected chi connectivity index (χ4v) is 3.54. The minimum Gasteiger partial charge on any atom is -0.395 e. The highest BCUT2D eigenvalue weighted by Crippen LogP contribution is 2.60. The van der Waals surface area contributed by atoms with Crippen LogP contribution in [0.25, 0.3) is 0 Å². The van der Waals surface area contributed by atoms with Gasteiger partial charge in [0.1, 0.15) is 0 Å². The van der Waals surface area contributed by atoms with Crippen molar-refractivity contribution in [3.63, 3.8) is 0 Å². The molecule has 0 aliphatic carbocycles. The Morgan fingerprint density at radius 2 is 1.38 bits per heavy atom. The fourth-order valence-electron chi connectivity index (χ4n) is 0.789. The van der Waals surface area contributed by atoms with Gasteiger partial charge in [-0.25, -0.2) is 0 Å². The Kier molecular flexibility index (Phi) is 4.23. The predicted octanol–water partition coefficient (Wildman–Crippen LogP) is -2.01. The van der Waals surface area contributed by atoms with Gasteiger partial charge in [-0.3, -0.25) is 9.13 Å². The van der Waals surface area contributed by atoms with Gasteiger partial charge in [0.25, 0.3) is 0 Å². The lowest BCUT2D eigenvalue weighted by Crippen LogP contribution is -2.37. The maximum absolute atomic E-state index is 10.6. The van der Waals surface area contributed by atoms with Gasteiger partial charge in [-0.15, -0.1) is 0 Å². The third-order valence-electron chi connectivity index (χ3n) is 1.28. The molecule has 0 heterocycles. The van der Waals surface area contributed by atoms with Crippen molar-refractivity contribution in [2.24, 2.45) is 5.73 Å². The van der Waals surface area contributed by atoms with Gasteiger partial charge in [-0.05, 0) is 0 Å². The van der Waals surface area contributed by atoms with Gasteiger partial charge in [0.2, 0.25) is 0 Å². The predicted molar refractivity (Wildman–Crippen MR) is 42.9 cm³/mol. The number of aliphatic hydroxyl groups is 1. The summed E-state index contributed by atoms with van der Waals surface area (Å²) in [6.07, 6.45) is 0. The second kappa shape index (κ2) is 4.16. The van der Waals surface area contributed by atoms with Crippen LogP contribution in [-0.4, -0.2) is 42.7 Å². The van der Waals surface area contributed by atoms with Crippen molar-refractivity contribution >= 4 is 15.2 Å². The van der Waals surface area contributed by atoms with E-state index in [1.54, 1.807) is 0 Å². The molecule has 13 heavy (non-hydrogen) atoms. The molecule has 0 aromatic rings. The number of hydrogen-bond donors (Lipinski definition) is 6. The maximum atomic E-state index is 10.6. The second-order valence-corrected chi connectivity index (χ2v) is 6.31. The smallest absolute Gasteiger partial charge is 0.342 e. The van der Waals surface area contributed by atoms with E-state index in [1.807, 2.05) is 0 Å². The highest BCUT2D eigenvalue weighted by atomic mass is 31.2. The van der Waals surface area contributed by atoms with E-state index in [0.29, 0.717) is 0 Å². The molecule has 10 heteroatoms. The van der Waals surface area contributed by atoms with E-state index in [-0.39, 0.29) is 0 Å². The summed E-state index contributed by atoms with van der Waals surface area (Å²) in [4.78, 5) is 34.2. The van der Waals surface area contributed by atoms with Gasteiger partial charge in [0.05, 0.1) is 12.6 Å². The number of rotatable bonds is 4. The van der Waals surface area contributed by atoms with Crippen LogP contribution in [0, 0.1) is 0 Å². The van der Waals surface area contributed by atoms with Crippen LogP contribution in [-0.2, 0) is 9.13 Å². The molecule has 0 spiro atoms. The first kappa shape index (κ1) is 13.2. The molecule has 0 aromatic carbocycles. The molecular formula is C3H11NO7P2. The van der Waals surface area contributed by atoms with Crippen LogP contribution in [0.3, 0.4) is 0 Å². The Bertz CT molecular complexity index is 232. The molecule has 80 valence electrons. The normalized spacial score (nSPS) is 16.2. The number of nitrogens with two attached hydrogens (primary N) is 1. The molecule has 0 fully saturated rings. The Morgan fingerprint density at radius 3 is 1.46 bits per heavy atom. The van der Waals surface area contributed by atoms with Crippen LogP contribution in [0.1, 0.15) is 0 Å². The highest BCUT2D eigenvalue weighted by molar-refractivity contribution is 7.71. The molecule has 8 nitrogen and oxygen atoms in total. The standard InChI is InChI=1S/C3H11NO7P2/c4-2(1-5)3(12(6,7)8)13(9,10)11/h2-3,5H,1,4H2,(H2,6,7,8)(H2,9,10,11). The maximum Gasteiger partial charge on any atom is 0.342 e. The van der Waals surface area contributed by atoms with Crippen LogP contribution in [0.2, 0.25) is 0 Å². The zero-order chi connectivity index (χ0) is 10.9. The molecule has 0 aromatic heterocycles. The Labute approximate surface area is 73.7 Å². The van der Waals surface area contributed by atoms with E-state index in [1.165, 1.54) is 0 Å². The van der Waals surface area contributed by atoms with Crippen LogP contribution in [0.15, 0.2) is 0 Å². The van der Waals surface area contributed by atoms with E-state index in [0.717, 1.165) is 0 Å². The third-order valence-corrected chi connectivity index (χ3v) is 5.23. The first-order valence-corrected chi connectivity index (χ1v) is 6.44. The average Bonchev–Trinajstić information content (AvgIpc) is 1.80. The molecule has 0 saturated heterocycles. The molecule has 0 rings (SSSR count). The number of aliphatic hydroxyl groups excluding tert-OH is 1. The van der Waals surface area contributed by atoms with Gasteiger partial charge in [-0.1, -0.05) is 0 Å². The van der Waals surface area contributed by atoms with Gasteiger partial charge < -0.3 is 30.4 Å². The van der Waals surface area contributed by atoms with E-state index in [2.05, 4.69) is 0 Å². The molecule has 1 unspecified atom stereocenters. The molecule has 0 aliphatic heterocycles. The van der Waals surface area contributed by atoms with Gasteiger partial charge >= 0.3 is 15.2 Å². The minimum atomic E-state index is -5.02. The molecule has 7 N–H and O–H groups in total. The van der Waals surface area contributed by atoms with Crippen molar-refractivity contribution in [3.8, 4) is 0 Å². The topological polar surface area (TPSA) is 161 Å². The summed E-state index contributed by atoms with van der Waals surface area (Å²) >= 11 is 0. The molecule has 1 atom stereocenters. The summed E-state index contributed by atoms with van der Waals surface area (Å²) in [5, 5.41) is 6.08. The van der Waals surface area contributed by atoms with Crippen LogP contribution in [0.4, 0.5) is 0 Å². The van der Waals surface area contributed by atoms with Crippen molar-refractivity contribution in [3.05, 3.63) is 0 Å². The molecular weight excluding hydrogens is 224 g/mol. The van der Waals surface area contributed by atoms with Crippen molar-refractivity contribution in [2.45, 2.75) is 11.4 Å². The Morgan fingerprint density at radius 1 is 1.08 bits per heavy atom. The average molecular weight is 235 g/mol. The van der Waals surface area contributed by atoms with Gasteiger partial charge in [0.15, 0.2) is 5.40 Å². The first-order valence-electron chi connectivity index (χ1n) is 3.07. The lowest BCUT2D eigenvalue weighted by molar-refractivity contribution is 0.251. The Balaban J connectivity index is 5.01. The molecule has 0 radical (unpaired) electrons. The largest absolute Gasteiger partial charge is 0.395 e. The molecule has 0 saturated carbocycles. The van der Waals surface area contributed by atoms with Crippen molar-refractivity contribution in [1.29, 1.82) is 0 Å². The summed E-state index contributed by atoms with van der Waals surface area (Å²) in [5.74, 6) is 0. The van der Waals surface area contributed by atoms with E-state index < -0.39 is 33.2 Å². The van der Waals surface area contributed by atoms with Crippen molar-refractivity contribution in [1.82, 2.24) is 0 Å². The quantitative estimate of drug-likeness (QED) is 0.304.